The van der Waals surface area contributed by atoms with Crippen molar-refractivity contribution in [1.29, 1.82) is 5.41 Å². The van der Waals surface area contributed by atoms with Crippen LogP contribution in [0.3, 0.4) is 0 Å². The van der Waals surface area contributed by atoms with E-state index in [1.54, 1.807) is 6.08 Å². The number of amides is 1. The Kier molecular flexibility index (Phi) is 6.03. The SMILES string of the molecule is CCS(=O)(=O)C1=NN2C(=N)/C(=C\c3cn(CCOc4ccccc4)c4ccccc34)C(=O)N=C2S1. The second-order valence-electron chi connectivity index (χ2n) is 7.75. The molecule has 3 aromatic rings. The topological polar surface area (TPSA) is 117 Å². The van der Waals surface area contributed by atoms with Crippen molar-refractivity contribution in [2.45, 2.75) is 13.5 Å². The summed E-state index contributed by atoms with van der Waals surface area (Å²) in [5.41, 5.74) is 1.74. The van der Waals surface area contributed by atoms with E-state index in [2.05, 4.69) is 10.1 Å². The summed E-state index contributed by atoms with van der Waals surface area (Å²) in [4.78, 5) is 16.8. The molecular formula is C24H21N5O4S2. The molecule has 0 bridgehead atoms. The molecule has 0 spiro atoms. The Morgan fingerprint density at radius 3 is 2.63 bits per heavy atom. The highest BCUT2D eigenvalue weighted by Gasteiger charge is 2.39. The number of hydrazone groups is 1. The maximum absolute atomic E-state index is 12.8. The Bertz CT molecular complexity index is 1540. The Labute approximate surface area is 206 Å². The van der Waals surface area contributed by atoms with Crippen LogP contribution in [0.15, 0.2) is 76.5 Å². The van der Waals surface area contributed by atoms with Crippen molar-refractivity contribution in [3.63, 3.8) is 0 Å². The van der Waals surface area contributed by atoms with Gasteiger partial charge in [0, 0.05) is 22.7 Å². The zero-order valence-corrected chi connectivity index (χ0v) is 20.3. The summed E-state index contributed by atoms with van der Waals surface area (Å²) < 4.78 is 32.1. The van der Waals surface area contributed by atoms with Crippen molar-refractivity contribution < 1.29 is 17.9 Å². The first-order valence-electron chi connectivity index (χ1n) is 10.9. The summed E-state index contributed by atoms with van der Waals surface area (Å²) in [6.07, 6.45) is 3.51. The molecule has 5 rings (SSSR count). The fourth-order valence-corrected chi connectivity index (χ4v) is 5.90. The molecule has 35 heavy (non-hydrogen) atoms. The van der Waals surface area contributed by atoms with Gasteiger partial charge in [-0.1, -0.05) is 43.3 Å². The predicted octanol–water partition coefficient (Wildman–Crippen LogP) is 3.73. The van der Waals surface area contributed by atoms with Gasteiger partial charge in [-0.15, -0.1) is 5.10 Å². The molecular weight excluding hydrogens is 486 g/mol. The van der Waals surface area contributed by atoms with Crippen molar-refractivity contribution in [3.05, 3.63) is 71.9 Å². The lowest BCUT2D eigenvalue weighted by Crippen LogP contribution is -2.35. The van der Waals surface area contributed by atoms with Gasteiger partial charge in [-0.05, 0) is 36.0 Å². The van der Waals surface area contributed by atoms with Gasteiger partial charge in [0.2, 0.25) is 19.4 Å². The number of aliphatic imine (C=N–C) groups is 1. The molecule has 1 amide bonds. The van der Waals surface area contributed by atoms with Crippen LogP contribution in [0.4, 0.5) is 0 Å². The average molecular weight is 508 g/mol. The van der Waals surface area contributed by atoms with E-state index in [0.717, 1.165) is 39.0 Å². The molecule has 9 nitrogen and oxygen atoms in total. The van der Waals surface area contributed by atoms with Crippen LogP contribution in [0.5, 0.6) is 5.75 Å². The molecule has 178 valence electrons. The molecule has 1 N–H and O–H groups in total. The van der Waals surface area contributed by atoms with Crippen LogP contribution in [0.1, 0.15) is 12.5 Å². The molecule has 0 aliphatic carbocycles. The molecule has 11 heteroatoms. The van der Waals surface area contributed by atoms with E-state index in [4.69, 9.17) is 10.1 Å². The first-order chi connectivity index (χ1) is 16.9. The molecule has 2 aliphatic rings. The monoisotopic (exact) mass is 507 g/mol. The van der Waals surface area contributed by atoms with E-state index in [0.29, 0.717) is 13.2 Å². The number of hydrogen-bond acceptors (Lipinski definition) is 7. The largest absolute Gasteiger partial charge is 0.492 e. The van der Waals surface area contributed by atoms with E-state index in [9.17, 15) is 13.2 Å². The number of nitrogens with one attached hydrogen (secondary N) is 1. The lowest BCUT2D eigenvalue weighted by atomic mass is 10.1. The molecule has 0 unspecified atom stereocenters. The summed E-state index contributed by atoms with van der Waals surface area (Å²) in [5.74, 6) is -0.159. The highest BCUT2D eigenvalue weighted by Crippen LogP contribution is 2.31. The number of fused-ring (bicyclic) bond motifs is 2. The van der Waals surface area contributed by atoms with Crippen molar-refractivity contribution >= 4 is 59.9 Å². The van der Waals surface area contributed by atoms with E-state index < -0.39 is 15.7 Å². The van der Waals surface area contributed by atoms with Gasteiger partial charge in [0.25, 0.3) is 5.91 Å². The van der Waals surface area contributed by atoms with Crippen molar-refractivity contribution in [2.75, 3.05) is 12.4 Å². The third-order valence-corrected chi connectivity index (χ3v) is 8.63. The molecule has 0 saturated heterocycles. The van der Waals surface area contributed by atoms with E-state index in [1.807, 2.05) is 65.4 Å². The number of amidine groups is 2. The lowest BCUT2D eigenvalue weighted by molar-refractivity contribution is -0.114. The maximum Gasteiger partial charge on any atom is 0.283 e. The summed E-state index contributed by atoms with van der Waals surface area (Å²) >= 11 is 0.787. The summed E-state index contributed by atoms with van der Waals surface area (Å²) in [5, 5.41) is 14.7. The fraction of sp³-hybridized carbons (Fsp3) is 0.167. The van der Waals surface area contributed by atoms with Crippen LogP contribution < -0.4 is 4.74 Å². The fourth-order valence-electron chi connectivity index (χ4n) is 3.73. The van der Waals surface area contributed by atoms with Crippen LogP contribution in [-0.2, 0) is 21.2 Å². The third-order valence-electron chi connectivity index (χ3n) is 5.55. The minimum Gasteiger partial charge on any atom is -0.492 e. The van der Waals surface area contributed by atoms with Crippen LogP contribution in [0.2, 0.25) is 0 Å². The Hall–Kier alpha value is -3.70. The summed E-state index contributed by atoms with van der Waals surface area (Å²) in [7, 11) is -3.58. The smallest absolute Gasteiger partial charge is 0.283 e. The molecule has 2 aliphatic heterocycles. The Balaban J connectivity index is 1.45. The number of sulfone groups is 1. The molecule has 1 aromatic heterocycles. The zero-order valence-electron chi connectivity index (χ0n) is 18.7. The summed E-state index contributed by atoms with van der Waals surface area (Å²) in [6, 6.07) is 17.3. The van der Waals surface area contributed by atoms with Crippen molar-refractivity contribution in [2.24, 2.45) is 10.1 Å². The highest BCUT2D eigenvalue weighted by atomic mass is 32.3. The van der Waals surface area contributed by atoms with Gasteiger partial charge >= 0.3 is 0 Å². The van der Waals surface area contributed by atoms with Crippen molar-refractivity contribution in [3.8, 4) is 5.75 Å². The van der Waals surface area contributed by atoms with Gasteiger partial charge in [0.1, 0.15) is 12.4 Å². The number of hydrogen-bond donors (Lipinski definition) is 1. The highest BCUT2D eigenvalue weighted by molar-refractivity contribution is 8.42. The molecule has 0 saturated carbocycles. The lowest BCUT2D eigenvalue weighted by Gasteiger charge is -2.19. The number of rotatable bonds is 6. The van der Waals surface area contributed by atoms with Crippen LogP contribution in [0, 0.1) is 5.41 Å². The minimum absolute atomic E-state index is 0.0386. The van der Waals surface area contributed by atoms with Crippen molar-refractivity contribution in [1.82, 2.24) is 9.58 Å². The number of aromatic nitrogens is 1. The van der Waals surface area contributed by atoms with Crippen LogP contribution in [0.25, 0.3) is 17.0 Å². The average Bonchev–Trinajstić information content (AvgIpc) is 3.45. The standard InChI is InChI=1S/C24H21N5O4S2/c1-2-35(31,32)24-27-29-21(25)19(22(30)26-23(29)34-24)14-16-15-28(20-11-7-6-10-18(16)20)12-13-33-17-8-4-3-5-9-17/h3-11,14-15,25H,2,12-13H2,1H3/b19-14+,25-21?. The van der Waals surface area contributed by atoms with E-state index in [-0.39, 0.29) is 26.7 Å². The Morgan fingerprint density at radius 1 is 1.11 bits per heavy atom. The van der Waals surface area contributed by atoms with Gasteiger partial charge < -0.3 is 9.30 Å². The number of ether oxygens (including phenoxy) is 1. The predicted molar refractivity (Wildman–Crippen MR) is 138 cm³/mol. The van der Waals surface area contributed by atoms with Crippen LogP contribution >= 0.6 is 11.8 Å². The zero-order chi connectivity index (χ0) is 24.6. The number of carbonyl (C=O) groups is 1. The molecule has 2 aromatic carbocycles. The summed E-state index contributed by atoms with van der Waals surface area (Å²) in [6.45, 7) is 2.55. The second kappa shape index (κ2) is 9.16. The van der Waals surface area contributed by atoms with Gasteiger partial charge in [0.05, 0.1) is 17.9 Å². The number of thioether (sulfide) groups is 1. The van der Waals surface area contributed by atoms with Gasteiger partial charge in [0.15, 0.2) is 5.84 Å². The van der Waals surface area contributed by atoms with Gasteiger partial charge in [-0.25, -0.2) is 8.42 Å². The van der Waals surface area contributed by atoms with Gasteiger partial charge in [-0.3, -0.25) is 10.2 Å². The molecule has 0 atom stereocenters. The Morgan fingerprint density at radius 2 is 1.86 bits per heavy atom. The normalized spacial score (nSPS) is 17.1. The second-order valence-corrected chi connectivity index (χ2v) is 11.2. The quantitative estimate of drug-likeness (QED) is 0.508. The molecule has 3 heterocycles. The first kappa shape index (κ1) is 23.1. The van der Waals surface area contributed by atoms with E-state index >= 15 is 0 Å². The number of nitrogens with zero attached hydrogens (tertiary/aromatic N) is 4. The first-order valence-corrected chi connectivity index (χ1v) is 13.3. The van der Waals surface area contributed by atoms with Crippen LogP contribution in [-0.4, -0.2) is 51.6 Å². The van der Waals surface area contributed by atoms with E-state index in [1.165, 1.54) is 6.92 Å². The number of carbonyl (C=O) groups excluding carboxylic acids is 1. The third kappa shape index (κ3) is 4.40. The number of para-hydroxylation sites is 2. The van der Waals surface area contributed by atoms with Gasteiger partial charge in [-0.2, -0.15) is 10.0 Å². The molecule has 0 fully saturated rings. The molecule has 0 radical (unpaired) electrons. The maximum atomic E-state index is 12.8. The number of benzene rings is 2. The minimum atomic E-state index is -3.58.